The van der Waals surface area contributed by atoms with Gasteiger partial charge in [-0.1, -0.05) is 30.3 Å². The first-order valence-electron chi connectivity index (χ1n) is 8.28. The number of pyridine rings is 1. The third kappa shape index (κ3) is 2.78. The van der Waals surface area contributed by atoms with Gasteiger partial charge in [0.25, 0.3) is 5.56 Å². The molecule has 3 heterocycles. The molecule has 1 fully saturated rings. The predicted molar refractivity (Wildman–Crippen MR) is 96.6 cm³/mol. The molecule has 1 aromatic carbocycles. The van der Waals surface area contributed by atoms with Crippen LogP contribution in [-0.4, -0.2) is 35.1 Å². The highest BCUT2D eigenvalue weighted by Gasteiger charge is 2.16. The molecule has 0 aliphatic carbocycles. The number of anilines is 1. The van der Waals surface area contributed by atoms with E-state index in [9.17, 15) is 4.79 Å². The number of hydrogen-bond acceptors (Lipinski definition) is 4. The molecule has 1 N–H and O–H groups in total. The maximum Gasteiger partial charge on any atom is 0.258 e. The Bertz CT molecular complexity index is 920. The Labute approximate surface area is 140 Å². The first-order valence-corrected chi connectivity index (χ1v) is 8.28. The van der Waals surface area contributed by atoms with E-state index in [4.69, 9.17) is 0 Å². The lowest BCUT2D eigenvalue weighted by atomic mass is 10.1. The lowest BCUT2D eigenvalue weighted by molar-refractivity contribution is 0.484. The third-order valence-electron chi connectivity index (χ3n) is 4.45. The van der Waals surface area contributed by atoms with Crippen LogP contribution in [0.25, 0.3) is 16.9 Å². The van der Waals surface area contributed by atoms with E-state index < -0.39 is 0 Å². The minimum atomic E-state index is -0.0520. The molecule has 0 unspecified atom stereocenters. The molecule has 122 valence electrons. The number of benzene rings is 1. The van der Waals surface area contributed by atoms with Crippen molar-refractivity contribution in [1.82, 2.24) is 14.7 Å². The van der Waals surface area contributed by atoms with Gasteiger partial charge in [-0.25, -0.2) is 4.98 Å². The SMILES string of the molecule is C[C@H]1CN(c2ccc3nc(-c4ccccc4)cc(=O)n3c2)CCN1. The van der Waals surface area contributed by atoms with Crippen molar-refractivity contribution in [3.05, 3.63) is 65.1 Å². The fourth-order valence-electron chi connectivity index (χ4n) is 3.20. The van der Waals surface area contributed by atoms with E-state index >= 15 is 0 Å². The van der Waals surface area contributed by atoms with E-state index in [0.29, 0.717) is 17.4 Å². The molecule has 3 aromatic rings. The topological polar surface area (TPSA) is 49.6 Å². The van der Waals surface area contributed by atoms with Crippen LogP contribution in [0, 0.1) is 0 Å². The normalized spacial score (nSPS) is 18.0. The fraction of sp³-hybridized carbons (Fsp3) is 0.263. The average Bonchev–Trinajstić information content (AvgIpc) is 2.62. The molecule has 1 aliphatic rings. The standard InChI is InChI=1S/C19H20N4O/c1-14-12-22(10-9-20-14)16-7-8-18-21-17(11-19(24)23(18)13-16)15-5-3-2-4-6-15/h2-8,11,13-14,20H,9-10,12H2,1H3/t14-/m0/s1. The van der Waals surface area contributed by atoms with Crippen molar-refractivity contribution in [3.8, 4) is 11.3 Å². The van der Waals surface area contributed by atoms with Gasteiger partial charge < -0.3 is 10.2 Å². The summed E-state index contributed by atoms with van der Waals surface area (Å²) in [4.78, 5) is 19.5. The molecule has 0 amide bonds. The van der Waals surface area contributed by atoms with Crippen LogP contribution in [-0.2, 0) is 0 Å². The van der Waals surface area contributed by atoms with E-state index in [1.165, 1.54) is 0 Å². The molecule has 5 nitrogen and oxygen atoms in total. The zero-order valence-electron chi connectivity index (χ0n) is 13.6. The molecular formula is C19H20N4O. The summed E-state index contributed by atoms with van der Waals surface area (Å²) in [5.74, 6) is 0. The van der Waals surface area contributed by atoms with E-state index in [1.54, 1.807) is 10.5 Å². The highest BCUT2D eigenvalue weighted by Crippen LogP contribution is 2.19. The summed E-state index contributed by atoms with van der Waals surface area (Å²) in [5.41, 5.74) is 3.35. The van der Waals surface area contributed by atoms with Crippen LogP contribution in [0.15, 0.2) is 59.5 Å². The predicted octanol–water partition coefficient (Wildman–Crippen LogP) is 2.16. The van der Waals surface area contributed by atoms with Gasteiger partial charge in [0, 0.05) is 43.5 Å². The zero-order valence-corrected chi connectivity index (χ0v) is 13.6. The van der Waals surface area contributed by atoms with Gasteiger partial charge in [-0.15, -0.1) is 0 Å². The van der Waals surface area contributed by atoms with Crippen molar-refractivity contribution in [2.24, 2.45) is 0 Å². The summed E-state index contributed by atoms with van der Waals surface area (Å²) in [7, 11) is 0. The van der Waals surface area contributed by atoms with E-state index in [1.807, 2.05) is 42.6 Å². The average molecular weight is 320 g/mol. The van der Waals surface area contributed by atoms with Crippen LogP contribution in [0.5, 0.6) is 0 Å². The van der Waals surface area contributed by atoms with Crippen LogP contribution in [0.3, 0.4) is 0 Å². The van der Waals surface area contributed by atoms with Gasteiger partial charge in [0.15, 0.2) is 0 Å². The molecule has 0 spiro atoms. The Balaban J connectivity index is 1.76. The largest absolute Gasteiger partial charge is 0.368 e. The van der Waals surface area contributed by atoms with Crippen LogP contribution in [0.4, 0.5) is 5.69 Å². The molecule has 1 saturated heterocycles. The van der Waals surface area contributed by atoms with Gasteiger partial charge in [-0.05, 0) is 19.1 Å². The van der Waals surface area contributed by atoms with Crippen LogP contribution in [0.2, 0.25) is 0 Å². The summed E-state index contributed by atoms with van der Waals surface area (Å²) in [6, 6.07) is 15.8. The molecule has 5 heteroatoms. The first-order chi connectivity index (χ1) is 11.7. The third-order valence-corrected chi connectivity index (χ3v) is 4.45. The molecule has 0 radical (unpaired) electrons. The smallest absolute Gasteiger partial charge is 0.258 e. The molecule has 24 heavy (non-hydrogen) atoms. The van der Waals surface area contributed by atoms with Crippen LogP contribution >= 0.6 is 0 Å². The van der Waals surface area contributed by atoms with Gasteiger partial charge in [-0.2, -0.15) is 0 Å². The maximum absolute atomic E-state index is 12.6. The summed E-state index contributed by atoms with van der Waals surface area (Å²) in [6.45, 7) is 5.02. The van der Waals surface area contributed by atoms with Crippen LogP contribution < -0.4 is 15.8 Å². The lowest BCUT2D eigenvalue weighted by Gasteiger charge is -2.33. The number of rotatable bonds is 2. The van der Waals surface area contributed by atoms with Crippen molar-refractivity contribution in [2.45, 2.75) is 13.0 Å². The second-order valence-corrected chi connectivity index (χ2v) is 6.26. The van der Waals surface area contributed by atoms with Gasteiger partial charge in [-0.3, -0.25) is 9.20 Å². The number of hydrogen-bond donors (Lipinski definition) is 1. The lowest BCUT2D eigenvalue weighted by Crippen LogP contribution is -2.49. The van der Waals surface area contributed by atoms with Crippen molar-refractivity contribution in [3.63, 3.8) is 0 Å². The summed E-state index contributed by atoms with van der Waals surface area (Å²) in [6.07, 6.45) is 1.90. The fourth-order valence-corrected chi connectivity index (χ4v) is 3.20. The van der Waals surface area contributed by atoms with E-state index in [2.05, 4.69) is 28.2 Å². The molecule has 1 atom stereocenters. The van der Waals surface area contributed by atoms with Crippen molar-refractivity contribution < 1.29 is 0 Å². The number of nitrogens with one attached hydrogen (secondary N) is 1. The summed E-state index contributed by atoms with van der Waals surface area (Å²) < 4.78 is 1.63. The minimum Gasteiger partial charge on any atom is -0.368 e. The monoisotopic (exact) mass is 320 g/mol. The number of fused-ring (bicyclic) bond motifs is 1. The van der Waals surface area contributed by atoms with Crippen molar-refractivity contribution in [2.75, 3.05) is 24.5 Å². The van der Waals surface area contributed by atoms with Gasteiger partial charge >= 0.3 is 0 Å². The summed E-state index contributed by atoms with van der Waals surface area (Å²) in [5, 5.41) is 3.43. The Kier molecular flexibility index (Phi) is 3.78. The molecule has 0 saturated carbocycles. The molecular weight excluding hydrogens is 300 g/mol. The van der Waals surface area contributed by atoms with Gasteiger partial charge in [0.05, 0.1) is 11.4 Å². The Morgan fingerprint density at radius 1 is 1.17 bits per heavy atom. The Morgan fingerprint density at radius 3 is 2.79 bits per heavy atom. The second kappa shape index (κ2) is 6.09. The number of piperazine rings is 1. The molecule has 1 aliphatic heterocycles. The van der Waals surface area contributed by atoms with Crippen molar-refractivity contribution in [1.29, 1.82) is 0 Å². The highest BCUT2D eigenvalue weighted by molar-refractivity contribution is 5.62. The molecule has 4 rings (SSSR count). The van der Waals surface area contributed by atoms with Crippen LogP contribution in [0.1, 0.15) is 6.92 Å². The number of nitrogens with zero attached hydrogens (tertiary/aromatic N) is 3. The second-order valence-electron chi connectivity index (χ2n) is 6.26. The van der Waals surface area contributed by atoms with Gasteiger partial charge in [0.1, 0.15) is 5.65 Å². The zero-order chi connectivity index (χ0) is 16.5. The van der Waals surface area contributed by atoms with E-state index in [-0.39, 0.29) is 5.56 Å². The van der Waals surface area contributed by atoms with Crippen molar-refractivity contribution >= 4 is 11.3 Å². The minimum absolute atomic E-state index is 0.0520. The maximum atomic E-state index is 12.6. The van der Waals surface area contributed by atoms with Gasteiger partial charge in [0.2, 0.25) is 0 Å². The number of aromatic nitrogens is 2. The van der Waals surface area contributed by atoms with E-state index in [0.717, 1.165) is 30.9 Å². The first kappa shape index (κ1) is 14.9. The highest BCUT2D eigenvalue weighted by atomic mass is 16.1. The molecule has 0 bridgehead atoms. The summed E-state index contributed by atoms with van der Waals surface area (Å²) >= 11 is 0. The molecule has 2 aromatic heterocycles. The Hall–Kier alpha value is -2.66. The Morgan fingerprint density at radius 2 is 2.00 bits per heavy atom. The quantitative estimate of drug-likeness (QED) is 0.786.